The van der Waals surface area contributed by atoms with Crippen molar-refractivity contribution in [2.75, 3.05) is 12.3 Å². The van der Waals surface area contributed by atoms with Crippen LogP contribution in [0.25, 0.3) is 0 Å². The van der Waals surface area contributed by atoms with E-state index in [1.165, 1.54) is 19.9 Å². The first-order valence-corrected chi connectivity index (χ1v) is 15.0. The van der Waals surface area contributed by atoms with Gasteiger partial charge in [0.15, 0.2) is 18.4 Å². The van der Waals surface area contributed by atoms with Crippen molar-refractivity contribution in [1.29, 1.82) is 0 Å². The van der Waals surface area contributed by atoms with E-state index in [0.29, 0.717) is 4.57 Å². The minimum Gasteiger partial charge on any atom is -0.462 e. The number of nitrogen functional groups attached to an aromatic ring is 1. The molecule has 1 aliphatic heterocycles. The Morgan fingerprint density at radius 3 is 2.08 bits per heavy atom. The number of aliphatic hydroxyl groups excluding tert-OH is 2. The zero-order chi connectivity index (χ0) is 30.6. The van der Waals surface area contributed by atoms with E-state index in [4.69, 9.17) is 36.3 Å². The third-order valence-corrected chi connectivity index (χ3v) is 8.46. The average molecular weight is 616 g/mol. The van der Waals surface area contributed by atoms with Crippen LogP contribution in [0.2, 0.25) is 0 Å². The standard InChI is InChI=1S/C22H36F2N5O9PS/c1-10(2)36-18(32)12(5)27-39(40,28-13(6)19(33)37-11(3)4)35-9-22(20(23)24)16(31)15(30)17(38-22)29-8-7-14(25)26-21(29)34/h7-8,10-13,15-17,20,30-31H,9H2,1-6H3,(H2,25,26,34)(H2,27,28,40)/t12-,13-,15-,16-,17+,22+/m0/s1. The zero-order valence-electron chi connectivity index (χ0n) is 22.8. The number of hydrogen-bond donors (Lipinski definition) is 5. The van der Waals surface area contributed by atoms with Gasteiger partial charge in [0.2, 0.25) is 0 Å². The first-order valence-electron chi connectivity index (χ1n) is 12.3. The number of halogens is 2. The van der Waals surface area contributed by atoms with Gasteiger partial charge in [-0.3, -0.25) is 14.2 Å². The normalized spacial score (nSPS) is 24.9. The molecule has 0 radical (unpaired) electrons. The highest BCUT2D eigenvalue weighted by atomic mass is 32.4. The highest BCUT2D eigenvalue weighted by Gasteiger charge is 2.61. The Bertz CT molecular complexity index is 1130. The van der Waals surface area contributed by atoms with Crippen molar-refractivity contribution in [3.63, 3.8) is 0 Å². The fraction of sp³-hybridized carbons (Fsp3) is 0.727. The van der Waals surface area contributed by atoms with Gasteiger partial charge in [-0.2, -0.15) is 4.98 Å². The lowest BCUT2D eigenvalue weighted by Gasteiger charge is -2.35. The summed E-state index contributed by atoms with van der Waals surface area (Å²) in [6.45, 7) is 4.33. The van der Waals surface area contributed by atoms with Crippen LogP contribution in [0.4, 0.5) is 14.6 Å². The largest absolute Gasteiger partial charge is 0.462 e. The van der Waals surface area contributed by atoms with Crippen LogP contribution < -0.4 is 21.6 Å². The van der Waals surface area contributed by atoms with E-state index in [-0.39, 0.29) is 5.82 Å². The van der Waals surface area contributed by atoms with Crippen molar-refractivity contribution in [2.45, 2.75) is 96.3 Å². The van der Waals surface area contributed by atoms with Crippen molar-refractivity contribution >= 4 is 36.1 Å². The number of nitrogens with one attached hydrogen (secondary N) is 2. The Kier molecular flexibility index (Phi) is 11.7. The van der Waals surface area contributed by atoms with Gasteiger partial charge >= 0.3 is 17.6 Å². The molecule has 1 saturated heterocycles. The molecule has 1 aromatic heterocycles. The molecule has 14 nitrogen and oxygen atoms in total. The molecular weight excluding hydrogens is 579 g/mol. The number of nitrogens with two attached hydrogens (primary N) is 1. The molecule has 1 aliphatic rings. The molecule has 0 unspecified atom stereocenters. The predicted molar refractivity (Wildman–Crippen MR) is 142 cm³/mol. The summed E-state index contributed by atoms with van der Waals surface area (Å²) in [6.07, 6.45) is -9.42. The first kappa shape index (κ1) is 34.1. The lowest BCUT2D eigenvalue weighted by molar-refractivity contribution is -0.191. The summed E-state index contributed by atoms with van der Waals surface area (Å²) in [4.78, 5) is 40.6. The van der Waals surface area contributed by atoms with E-state index in [2.05, 4.69) is 15.2 Å². The number of hydrogen-bond acceptors (Lipinski definition) is 12. The number of aliphatic hydroxyl groups is 2. The second-order valence-corrected chi connectivity index (χ2v) is 13.2. The molecule has 0 spiro atoms. The van der Waals surface area contributed by atoms with Crippen molar-refractivity contribution < 1.29 is 47.3 Å². The van der Waals surface area contributed by atoms with Gasteiger partial charge in [0, 0.05) is 6.20 Å². The summed E-state index contributed by atoms with van der Waals surface area (Å²) in [5.41, 5.74) is 1.55. The summed E-state index contributed by atoms with van der Waals surface area (Å²) in [5, 5.41) is 26.6. The van der Waals surface area contributed by atoms with Crippen molar-refractivity contribution in [3.8, 4) is 0 Å². The maximum Gasteiger partial charge on any atom is 0.351 e. The molecule has 228 valence electrons. The summed E-state index contributed by atoms with van der Waals surface area (Å²) in [5.74, 6) is -1.64. The second kappa shape index (κ2) is 13.7. The van der Waals surface area contributed by atoms with Crippen molar-refractivity contribution in [2.24, 2.45) is 0 Å². The number of ether oxygens (including phenoxy) is 3. The topological polar surface area (TPSA) is 196 Å². The number of nitrogens with zero attached hydrogens (tertiary/aromatic N) is 2. The van der Waals surface area contributed by atoms with Gasteiger partial charge in [-0.1, -0.05) is 0 Å². The van der Waals surface area contributed by atoms with Crippen molar-refractivity contribution in [1.82, 2.24) is 19.7 Å². The maximum atomic E-state index is 14.5. The number of rotatable bonds is 13. The van der Waals surface area contributed by atoms with Crippen LogP contribution in [-0.2, 0) is 40.1 Å². The first-order chi connectivity index (χ1) is 18.4. The molecule has 1 fully saturated rings. The van der Waals surface area contributed by atoms with E-state index >= 15 is 0 Å². The molecule has 0 saturated carbocycles. The van der Waals surface area contributed by atoms with E-state index in [9.17, 15) is 33.4 Å². The van der Waals surface area contributed by atoms with Crippen LogP contribution in [0.15, 0.2) is 17.1 Å². The highest BCUT2D eigenvalue weighted by molar-refractivity contribution is 8.10. The number of carbonyl (C=O) groups is 2. The minimum absolute atomic E-state index is 0.161. The smallest absolute Gasteiger partial charge is 0.351 e. The Balaban J connectivity index is 2.38. The Hall–Kier alpha value is -2.11. The Morgan fingerprint density at radius 1 is 1.15 bits per heavy atom. The third kappa shape index (κ3) is 8.22. The molecular formula is C22H36F2N5O9PS. The van der Waals surface area contributed by atoms with Gasteiger partial charge < -0.3 is 34.7 Å². The molecule has 18 heteroatoms. The lowest BCUT2D eigenvalue weighted by Crippen LogP contribution is -2.53. The average Bonchev–Trinajstić information content (AvgIpc) is 3.08. The molecule has 0 aliphatic carbocycles. The second-order valence-electron chi connectivity index (χ2n) is 9.74. The minimum atomic E-state index is -3.79. The third-order valence-electron chi connectivity index (χ3n) is 5.56. The fourth-order valence-electron chi connectivity index (χ4n) is 3.60. The Labute approximate surface area is 234 Å². The van der Waals surface area contributed by atoms with E-state index in [0.717, 1.165) is 6.20 Å². The molecule has 6 atom stereocenters. The number of carbonyl (C=O) groups excluding carboxylic acids is 2. The predicted octanol–water partition coefficient (Wildman–Crippen LogP) is 0.181. The monoisotopic (exact) mass is 615 g/mol. The molecule has 6 N–H and O–H groups in total. The quantitative estimate of drug-likeness (QED) is 0.149. The Morgan fingerprint density at radius 2 is 1.65 bits per heavy atom. The van der Waals surface area contributed by atoms with Gasteiger partial charge in [0.25, 0.3) is 6.43 Å². The summed E-state index contributed by atoms with van der Waals surface area (Å²) < 4.78 is 51.0. The summed E-state index contributed by atoms with van der Waals surface area (Å²) in [7, 11) is 0. The van der Waals surface area contributed by atoms with Crippen LogP contribution >= 0.6 is 6.57 Å². The van der Waals surface area contributed by atoms with E-state index in [1.54, 1.807) is 27.7 Å². The maximum absolute atomic E-state index is 14.5. The number of aromatic nitrogens is 2. The van der Waals surface area contributed by atoms with Crippen LogP contribution in [0, 0.1) is 0 Å². The van der Waals surface area contributed by atoms with Gasteiger partial charge in [-0.15, -0.1) is 0 Å². The van der Waals surface area contributed by atoms with Gasteiger partial charge in [0.05, 0.1) is 18.8 Å². The highest BCUT2D eigenvalue weighted by Crippen LogP contribution is 2.46. The lowest BCUT2D eigenvalue weighted by atomic mass is 9.96. The SMILES string of the molecule is CC(C)OC(=O)[C@H](C)NP(=S)(N[C@@H](C)C(=O)OC(C)C)OC[C@@]1(C(F)F)O[C@@H](n2ccc(N)nc2=O)[C@@H](O)[C@@H]1O. The number of alkyl halides is 2. The zero-order valence-corrected chi connectivity index (χ0v) is 24.5. The van der Waals surface area contributed by atoms with Crippen LogP contribution in [0.1, 0.15) is 47.8 Å². The van der Waals surface area contributed by atoms with Crippen LogP contribution in [-0.4, -0.2) is 86.8 Å². The molecule has 0 amide bonds. The molecule has 2 rings (SSSR count). The number of esters is 2. The van der Waals surface area contributed by atoms with Gasteiger partial charge in [-0.25, -0.2) is 23.7 Å². The molecule has 2 heterocycles. The molecule has 0 aromatic carbocycles. The summed E-state index contributed by atoms with van der Waals surface area (Å²) >= 11 is 5.54. The van der Waals surface area contributed by atoms with Crippen molar-refractivity contribution in [3.05, 3.63) is 22.7 Å². The molecule has 1 aromatic rings. The van der Waals surface area contributed by atoms with E-state index < -0.39 is 85.6 Å². The van der Waals surface area contributed by atoms with Gasteiger partial charge in [0.1, 0.15) is 30.1 Å². The fourth-order valence-corrected chi connectivity index (χ4v) is 6.55. The summed E-state index contributed by atoms with van der Waals surface area (Å²) in [6, 6.07) is -1.07. The van der Waals surface area contributed by atoms with Crippen LogP contribution in [0.3, 0.4) is 0 Å². The van der Waals surface area contributed by atoms with Gasteiger partial charge in [-0.05, 0) is 59.4 Å². The molecule has 40 heavy (non-hydrogen) atoms. The van der Waals surface area contributed by atoms with E-state index in [1.807, 2.05) is 0 Å². The molecule has 0 bridgehead atoms. The number of anilines is 1. The van der Waals surface area contributed by atoms with Crippen LogP contribution in [0.5, 0.6) is 0 Å².